The van der Waals surface area contributed by atoms with E-state index >= 15 is 0 Å². The average Bonchev–Trinajstić information content (AvgIpc) is 2.70. The third-order valence-electron chi connectivity index (χ3n) is 4.67. The molecule has 3 atom stereocenters. The molecular weight excluding hydrogens is 288 g/mol. The largest absolute Gasteiger partial charge is 0.444 e. The van der Waals surface area contributed by atoms with E-state index in [0.717, 1.165) is 38.3 Å². The predicted octanol–water partition coefficient (Wildman–Crippen LogP) is 4.58. The van der Waals surface area contributed by atoms with Gasteiger partial charge < -0.3 is 15.0 Å². The van der Waals surface area contributed by atoms with Gasteiger partial charge in [-0.25, -0.2) is 4.79 Å². The molecule has 0 aromatic heterocycles. The monoisotopic (exact) mass is 326 g/mol. The van der Waals surface area contributed by atoms with E-state index in [2.05, 4.69) is 26.1 Å². The highest BCUT2D eigenvalue weighted by Gasteiger charge is 2.27. The molecule has 1 amide bonds. The molecule has 3 unspecified atom stereocenters. The van der Waals surface area contributed by atoms with Gasteiger partial charge in [-0.2, -0.15) is 0 Å². The molecule has 1 rings (SSSR count). The van der Waals surface area contributed by atoms with Crippen LogP contribution in [0.2, 0.25) is 0 Å². The SMILES string of the molecule is CCC(C)CC(CC)NC1CCCCN(C(=O)OC(C)(C)C)C1. The number of nitrogens with zero attached hydrogens (tertiary/aromatic N) is 1. The Morgan fingerprint density at radius 1 is 1.26 bits per heavy atom. The lowest BCUT2D eigenvalue weighted by atomic mass is 9.96. The van der Waals surface area contributed by atoms with Crippen molar-refractivity contribution in [2.75, 3.05) is 13.1 Å². The second kappa shape index (κ2) is 9.51. The lowest BCUT2D eigenvalue weighted by Gasteiger charge is -2.31. The zero-order chi connectivity index (χ0) is 17.5. The molecule has 0 aliphatic carbocycles. The van der Waals surface area contributed by atoms with Crippen LogP contribution in [0, 0.1) is 5.92 Å². The third-order valence-corrected chi connectivity index (χ3v) is 4.67. The van der Waals surface area contributed by atoms with Crippen LogP contribution in [-0.2, 0) is 4.74 Å². The van der Waals surface area contributed by atoms with Crippen molar-refractivity contribution in [2.24, 2.45) is 5.92 Å². The first-order valence-electron chi connectivity index (χ1n) is 9.49. The predicted molar refractivity (Wildman–Crippen MR) is 96.7 cm³/mol. The summed E-state index contributed by atoms with van der Waals surface area (Å²) in [6, 6.07) is 0.938. The molecule has 1 fully saturated rings. The average molecular weight is 327 g/mol. The van der Waals surface area contributed by atoms with E-state index in [4.69, 9.17) is 4.74 Å². The Hall–Kier alpha value is -0.770. The van der Waals surface area contributed by atoms with E-state index in [1.54, 1.807) is 0 Å². The Kier molecular flexibility index (Phi) is 8.38. The van der Waals surface area contributed by atoms with Crippen LogP contribution in [0.25, 0.3) is 0 Å². The van der Waals surface area contributed by atoms with Gasteiger partial charge >= 0.3 is 6.09 Å². The van der Waals surface area contributed by atoms with Gasteiger partial charge in [0, 0.05) is 25.2 Å². The van der Waals surface area contributed by atoms with E-state index in [1.807, 2.05) is 25.7 Å². The molecule has 0 aromatic rings. The number of likely N-dealkylation sites (tertiary alicyclic amines) is 1. The van der Waals surface area contributed by atoms with Crippen LogP contribution >= 0.6 is 0 Å². The highest BCUT2D eigenvalue weighted by molar-refractivity contribution is 5.68. The summed E-state index contributed by atoms with van der Waals surface area (Å²) in [7, 11) is 0. The summed E-state index contributed by atoms with van der Waals surface area (Å²) >= 11 is 0. The molecule has 136 valence electrons. The summed E-state index contributed by atoms with van der Waals surface area (Å²) in [6.07, 6.45) is 6.82. The van der Waals surface area contributed by atoms with Crippen LogP contribution in [0.15, 0.2) is 0 Å². The molecule has 1 saturated heterocycles. The Morgan fingerprint density at radius 3 is 2.52 bits per heavy atom. The zero-order valence-corrected chi connectivity index (χ0v) is 16.2. The first kappa shape index (κ1) is 20.3. The Bertz CT molecular complexity index is 352. The molecule has 1 aliphatic heterocycles. The van der Waals surface area contributed by atoms with Crippen LogP contribution in [0.3, 0.4) is 0 Å². The fourth-order valence-corrected chi connectivity index (χ4v) is 3.11. The lowest BCUT2D eigenvalue weighted by molar-refractivity contribution is 0.0241. The topological polar surface area (TPSA) is 41.6 Å². The summed E-state index contributed by atoms with van der Waals surface area (Å²) in [5.41, 5.74) is -0.422. The molecule has 0 saturated carbocycles. The lowest BCUT2D eigenvalue weighted by Crippen LogP contribution is -2.47. The van der Waals surface area contributed by atoms with E-state index in [-0.39, 0.29) is 6.09 Å². The number of amides is 1. The fraction of sp³-hybridized carbons (Fsp3) is 0.947. The van der Waals surface area contributed by atoms with Gasteiger partial charge in [0.25, 0.3) is 0 Å². The van der Waals surface area contributed by atoms with Crippen molar-refractivity contribution >= 4 is 6.09 Å². The van der Waals surface area contributed by atoms with Gasteiger partial charge in [-0.1, -0.05) is 33.6 Å². The summed E-state index contributed by atoms with van der Waals surface area (Å²) in [6.45, 7) is 14.2. The van der Waals surface area contributed by atoms with Crippen molar-refractivity contribution in [1.29, 1.82) is 0 Å². The molecule has 23 heavy (non-hydrogen) atoms. The van der Waals surface area contributed by atoms with Crippen molar-refractivity contribution in [3.63, 3.8) is 0 Å². The van der Waals surface area contributed by atoms with Crippen molar-refractivity contribution in [3.05, 3.63) is 0 Å². The Morgan fingerprint density at radius 2 is 1.96 bits per heavy atom. The van der Waals surface area contributed by atoms with Crippen molar-refractivity contribution in [3.8, 4) is 0 Å². The number of rotatable bonds is 6. The molecule has 0 spiro atoms. The highest BCUT2D eigenvalue weighted by Crippen LogP contribution is 2.18. The minimum atomic E-state index is -0.422. The summed E-state index contributed by atoms with van der Waals surface area (Å²) < 4.78 is 5.55. The van der Waals surface area contributed by atoms with Gasteiger partial charge in [-0.3, -0.25) is 0 Å². The Labute approximate surface area is 143 Å². The smallest absolute Gasteiger partial charge is 0.410 e. The summed E-state index contributed by atoms with van der Waals surface area (Å²) in [5, 5.41) is 3.81. The minimum absolute atomic E-state index is 0.166. The van der Waals surface area contributed by atoms with Crippen molar-refractivity contribution in [1.82, 2.24) is 10.2 Å². The van der Waals surface area contributed by atoms with E-state index in [0.29, 0.717) is 12.1 Å². The zero-order valence-electron chi connectivity index (χ0n) is 16.2. The van der Waals surface area contributed by atoms with Crippen LogP contribution < -0.4 is 5.32 Å². The minimum Gasteiger partial charge on any atom is -0.444 e. The van der Waals surface area contributed by atoms with Crippen molar-refractivity contribution < 1.29 is 9.53 Å². The summed E-state index contributed by atoms with van der Waals surface area (Å²) in [4.78, 5) is 14.3. The number of nitrogens with one attached hydrogen (secondary N) is 1. The second-order valence-corrected chi connectivity index (χ2v) is 8.14. The molecule has 4 nitrogen and oxygen atoms in total. The maximum Gasteiger partial charge on any atom is 0.410 e. The normalized spacial score (nSPS) is 22.3. The van der Waals surface area contributed by atoms with Gasteiger partial charge in [0.2, 0.25) is 0 Å². The molecule has 1 heterocycles. The van der Waals surface area contributed by atoms with Crippen molar-refractivity contribution in [2.45, 2.75) is 97.8 Å². The van der Waals surface area contributed by atoms with Gasteiger partial charge in [-0.05, 0) is 52.4 Å². The Balaban J connectivity index is 2.59. The molecule has 1 N–H and O–H groups in total. The van der Waals surface area contributed by atoms with E-state index < -0.39 is 5.60 Å². The maximum atomic E-state index is 12.4. The first-order chi connectivity index (χ1) is 10.7. The van der Waals surface area contributed by atoms with Crippen LogP contribution in [-0.4, -0.2) is 41.8 Å². The molecule has 1 aliphatic rings. The fourth-order valence-electron chi connectivity index (χ4n) is 3.11. The summed E-state index contributed by atoms with van der Waals surface area (Å²) in [5.74, 6) is 0.750. The van der Waals surface area contributed by atoms with Crippen LogP contribution in [0.1, 0.15) is 80.1 Å². The molecular formula is C19H38N2O2. The van der Waals surface area contributed by atoms with Crippen LogP contribution in [0.5, 0.6) is 0 Å². The standard InChI is InChI=1S/C19H38N2O2/c1-7-15(3)13-16(8-2)20-17-11-9-10-12-21(14-17)18(22)23-19(4,5)6/h15-17,20H,7-14H2,1-6H3. The number of carbonyl (C=O) groups is 1. The number of ether oxygens (including phenoxy) is 1. The van der Waals surface area contributed by atoms with Gasteiger partial charge in [0.1, 0.15) is 5.60 Å². The van der Waals surface area contributed by atoms with Gasteiger partial charge in [0.05, 0.1) is 0 Å². The van der Waals surface area contributed by atoms with Gasteiger partial charge in [-0.15, -0.1) is 0 Å². The number of carbonyl (C=O) groups excluding carboxylic acids is 1. The quantitative estimate of drug-likeness (QED) is 0.777. The first-order valence-corrected chi connectivity index (χ1v) is 9.49. The molecule has 0 radical (unpaired) electrons. The highest BCUT2D eigenvalue weighted by atomic mass is 16.6. The maximum absolute atomic E-state index is 12.4. The third kappa shape index (κ3) is 8.05. The molecule has 0 bridgehead atoms. The number of hydrogen-bond acceptors (Lipinski definition) is 3. The van der Waals surface area contributed by atoms with E-state index in [9.17, 15) is 4.79 Å². The number of hydrogen-bond donors (Lipinski definition) is 1. The van der Waals surface area contributed by atoms with E-state index in [1.165, 1.54) is 19.3 Å². The van der Waals surface area contributed by atoms with Gasteiger partial charge in [0.15, 0.2) is 0 Å². The molecule has 0 aromatic carbocycles. The molecule has 4 heteroatoms. The second-order valence-electron chi connectivity index (χ2n) is 8.14. The van der Waals surface area contributed by atoms with Crippen LogP contribution in [0.4, 0.5) is 4.79 Å².